The van der Waals surface area contributed by atoms with Crippen molar-refractivity contribution < 1.29 is 28.7 Å². The summed E-state index contributed by atoms with van der Waals surface area (Å²) in [6.07, 6.45) is 6.36. The lowest BCUT2D eigenvalue weighted by Gasteiger charge is -2.29. The maximum Gasteiger partial charge on any atom is 0.408 e. The molecular weight excluding hydrogens is 536 g/mol. The molecule has 0 unspecified atom stereocenters. The monoisotopic (exact) mass is 586 g/mol. The highest BCUT2D eigenvalue weighted by Crippen LogP contribution is 2.24. The summed E-state index contributed by atoms with van der Waals surface area (Å²) < 4.78 is 10.3. The van der Waals surface area contributed by atoms with Gasteiger partial charge < -0.3 is 30.7 Å². The number of hydrogen-bond donors (Lipinski definition) is 3. The minimum Gasteiger partial charge on any atom is -0.467 e. The van der Waals surface area contributed by atoms with E-state index in [1.807, 2.05) is 63.3 Å². The largest absolute Gasteiger partial charge is 0.467 e. The van der Waals surface area contributed by atoms with Gasteiger partial charge in [0.25, 0.3) is 0 Å². The van der Waals surface area contributed by atoms with Gasteiger partial charge in [-0.15, -0.1) is 0 Å². The number of rotatable bonds is 14. The molecule has 0 aliphatic carbocycles. The number of benzene rings is 1. The molecule has 10 heteroatoms. The lowest BCUT2D eigenvalue weighted by atomic mass is 9.95. The van der Waals surface area contributed by atoms with Crippen LogP contribution in [-0.2, 0) is 30.3 Å². The number of amides is 3. The van der Waals surface area contributed by atoms with Crippen molar-refractivity contribution in [1.29, 1.82) is 0 Å². The van der Waals surface area contributed by atoms with Gasteiger partial charge in [0.1, 0.15) is 17.7 Å². The van der Waals surface area contributed by atoms with Crippen LogP contribution in [0.25, 0.3) is 0 Å². The molecule has 10 nitrogen and oxygen atoms in total. The number of nitrogens with two attached hydrogens (primary N) is 1. The Morgan fingerprint density at radius 2 is 1.79 bits per heavy atom. The highest BCUT2D eigenvalue weighted by molar-refractivity contribution is 5.92. The lowest BCUT2D eigenvalue weighted by Crippen LogP contribution is -2.52. The van der Waals surface area contributed by atoms with Crippen molar-refractivity contribution >= 4 is 23.9 Å². The summed E-state index contributed by atoms with van der Waals surface area (Å²) in [5.41, 5.74) is 5.95. The van der Waals surface area contributed by atoms with Crippen molar-refractivity contribution in [3.63, 3.8) is 0 Å². The second-order valence-electron chi connectivity index (χ2n) is 12.3. The minimum atomic E-state index is -0.820. The summed E-state index contributed by atoms with van der Waals surface area (Å²) >= 11 is 0. The Hall–Kier alpha value is -3.40. The Morgan fingerprint density at radius 3 is 2.38 bits per heavy atom. The Balaban J connectivity index is 2.29. The number of alkyl carbamates (subject to hydrolysis) is 1. The Labute approximate surface area is 250 Å². The molecule has 3 amide bonds. The van der Waals surface area contributed by atoms with E-state index in [2.05, 4.69) is 24.5 Å². The fourth-order valence-corrected chi connectivity index (χ4v) is 5.02. The minimum absolute atomic E-state index is 0.176. The number of carbonyl (C=O) groups excluding carboxylic acids is 4. The third-order valence-electron chi connectivity index (χ3n) is 6.96. The van der Waals surface area contributed by atoms with Gasteiger partial charge in [-0.1, -0.05) is 56.3 Å². The van der Waals surface area contributed by atoms with Crippen LogP contribution in [-0.4, -0.2) is 72.7 Å². The highest BCUT2D eigenvalue weighted by atomic mass is 16.6. The van der Waals surface area contributed by atoms with Crippen molar-refractivity contribution in [3.05, 3.63) is 48.0 Å². The van der Waals surface area contributed by atoms with Gasteiger partial charge in [0, 0.05) is 6.54 Å². The van der Waals surface area contributed by atoms with Crippen molar-refractivity contribution in [2.45, 2.75) is 96.9 Å². The molecule has 1 heterocycles. The summed E-state index contributed by atoms with van der Waals surface area (Å²) in [6, 6.07) is 7.84. The Kier molecular flexibility index (Phi) is 14.0. The molecule has 1 aliphatic heterocycles. The topological polar surface area (TPSA) is 140 Å². The van der Waals surface area contributed by atoms with Crippen LogP contribution >= 0.6 is 0 Å². The molecule has 1 aliphatic rings. The van der Waals surface area contributed by atoms with Gasteiger partial charge >= 0.3 is 12.1 Å². The van der Waals surface area contributed by atoms with E-state index < -0.39 is 35.7 Å². The molecular formula is C32H50N4O6. The first-order chi connectivity index (χ1) is 19.8. The van der Waals surface area contributed by atoms with Gasteiger partial charge in [0.15, 0.2) is 0 Å². The normalized spacial score (nSPS) is 17.5. The van der Waals surface area contributed by atoms with Gasteiger partial charge in [-0.3, -0.25) is 9.59 Å². The molecule has 4 N–H and O–H groups in total. The zero-order valence-electron chi connectivity index (χ0n) is 26.1. The molecule has 234 valence electrons. The molecule has 0 bridgehead atoms. The first kappa shape index (κ1) is 34.8. The molecule has 2 rings (SSSR count). The van der Waals surface area contributed by atoms with E-state index in [1.54, 1.807) is 4.90 Å². The maximum absolute atomic E-state index is 14.0. The average molecular weight is 587 g/mol. The van der Waals surface area contributed by atoms with Crippen molar-refractivity contribution in [2.75, 3.05) is 20.2 Å². The van der Waals surface area contributed by atoms with E-state index in [1.165, 1.54) is 7.11 Å². The SMILES string of the molecule is COC(=O)[C@H](CCCN)NC(=O)[C@@H]1CCCN1C(=O)[C@H](/C=C/[C@H](CC(C)C)NC(=O)OC(C)(C)C)Cc1ccccc1. The van der Waals surface area contributed by atoms with Crippen molar-refractivity contribution in [2.24, 2.45) is 17.6 Å². The number of methoxy groups -OCH3 is 1. The maximum atomic E-state index is 14.0. The van der Waals surface area contributed by atoms with E-state index in [4.69, 9.17) is 15.2 Å². The fraction of sp³-hybridized carbons (Fsp3) is 0.625. The van der Waals surface area contributed by atoms with E-state index in [9.17, 15) is 19.2 Å². The molecule has 1 aromatic carbocycles. The van der Waals surface area contributed by atoms with Crippen molar-refractivity contribution in [3.8, 4) is 0 Å². The number of hydrogen-bond acceptors (Lipinski definition) is 7. The zero-order valence-corrected chi connectivity index (χ0v) is 26.1. The molecule has 1 fully saturated rings. The van der Waals surface area contributed by atoms with Gasteiger partial charge in [-0.2, -0.15) is 0 Å². The first-order valence-corrected chi connectivity index (χ1v) is 14.9. The smallest absolute Gasteiger partial charge is 0.408 e. The third-order valence-corrected chi connectivity index (χ3v) is 6.96. The average Bonchev–Trinajstić information content (AvgIpc) is 3.41. The molecule has 0 saturated carbocycles. The summed E-state index contributed by atoms with van der Waals surface area (Å²) in [5.74, 6) is -1.37. The molecule has 1 aromatic rings. The molecule has 1 saturated heterocycles. The fourth-order valence-electron chi connectivity index (χ4n) is 5.02. The molecule has 4 atom stereocenters. The van der Waals surface area contributed by atoms with Gasteiger partial charge in [-0.05, 0) is 77.3 Å². The third kappa shape index (κ3) is 11.8. The van der Waals surface area contributed by atoms with E-state index in [0.717, 1.165) is 5.56 Å². The molecule has 0 spiro atoms. The van der Waals surface area contributed by atoms with Crippen LogP contribution in [0.5, 0.6) is 0 Å². The summed E-state index contributed by atoms with van der Waals surface area (Å²) in [5, 5.41) is 5.71. The van der Waals surface area contributed by atoms with Crippen LogP contribution in [0.4, 0.5) is 4.79 Å². The van der Waals surface area contributed by atoms with Crippen LogP contribution in [0, 0.1) is 11.8 Å². The number of carbonyl (C=O) groups is 4. The van der Waals surface area contributed by atoms with Crippen LogP contribution in [0.2, 0.25) is 0 Å². The molecule has 0 radical (unpaired) electrons. The number of esters is 1. The number of ether oxygens (including phenoxy) is 2. The van der Waals surface area contributed by atoms with Gasteiger partial charge in [0.2, 0.25) is 11.8 Å². The summed E-state index contributed by atoms with van der Waals surface area (Å²) in [7, 11) is 1.28. The van der Waals surface area contributed by atoms with E-state index in [0.29, 0.717) is 51.6 Å². The van der Waals surface area contributed by atoms with Gasteiger partial charge in [0.05, 0.1) is 19.1 Å². The molecule has 0 aromatic heterocycles. The van der Waals surface area contributed by atoms with E-state index in [-0.39, 0.29) is 23.8 Å². The van der Waals surface area contributed by atoms with Crippen LogP contribution in [0.15, 0.2) is 42.5 Å². The highest BCUT2D eigenvalue weighted by Gasteiger charge is 2.38. The first-order valence-electron chi connectivity index (χ1n) is 14.9. The predicted molar refractivity (Wildman–Crippen MR) is 162 cm³/mol. The van der Waals surface area contributed by atoms with Gasteiger partial charge in [-0.25, -0.2) is 9.59 Å². The van der Waals surface area contributed by atoms with E-state index >= 15 is 0 Å². The van der Waals surface area contributed by atoms with Crippen LogP contribution < -0.4 is 16.4 Å². The number of nitrogens with one attached hydrogen (secondary N) is 2. The van der Waals surface area contributed by atoms with Crippen LogP contribution in [0.3, 0.4) is 0 Å². The lowest BCUT2D eigenvalue weighted by molar-refractivity contribution is -0.146. The number of likely N-dealkylation sites (tertiary alicyclic amines) is 1. The zero-order chi connectivity index (χ0) is 31.3. The number of nitrogens with zero attached hydrogens (tertiary/aromatic N) is 1. The molecule has 42 heavy (non-hydrogen) atoms. The Bertz CT molecular complexity index is 1050. The standard InChI is InChI=1S/C32H50N4O6/c1-22(2)20-25(34-31(40)42-32(3,4)5)17-16-24(21-23-12-8-7-9-13-23)29(38)36-19-11-15-27(36)28(37)35-26(14-10-18-33)30(39)41-6/h7-9,12-13,16-17,22,24-27H,10-11,14-15,18-21,33H2,1-6H3,(H,34,40)(H,35,37)/b17-16+/t24-,25-,26+,27+/m1/s1. The Morgan fingerprint density at radius 1 is 1.10 bits per heavy atom. The second-order valence-corrected chi connectivity index (χ2v) is 12.3. The quantitative estimate of drug-likeness (QED) is 0.223. The second kappa shape index (κ2) is 16.9. The summed E-state index contributed by atoms with van der Waals surface area (Å²) in [6.45, 7) is 10.4. The summed E-state index contributed by atoms with van der Waals surface area (Å²) in [4.78, 5) is 53.8. The van der Waals surface area contributed by atoms with Crippen LogP contribution in [0.1, 0.15) is 72.3 Å². The van der Waals surface area contributed by atoms with Crippen molar-refractivity contribution in [1.82, 2.24) is 15.5 Å². The predicted octanol–water partition coefficient (Wildman–Crippen LogP) is 3.73.